The fourth-order valence-electron chi connectivity index (χ4n) is 1.55. The van der Waals surface area contributed by atoms with E-state index in [0.717, 1.165) is 12.5 Å². The molecule has 0 fully saturated rings. The monoisotopic (exact) mass is 310 g/mol. The Kier molecular flexibility index (Phi) is 4.69. The third-order valence-corrected chi connectivity index (χ3v) is 3.88. The molecule has 0 amide bonds. The van der Waals surface area contributed by atoms with Crippen LogP contribution >= 0.6 is 0 Å². The van der Waals surface area contributed by atoms with Crippen LogP contribution in [0.5, 0.6) is 0 Å². The summed E-state index contributed by atoms with van der Waals surface area (Å²) in [6.07, 6.45) is 3.31. The summed E-state index contributed by atoms with van der Waals surface area (Å²) in [6, 6.07) is 5.20. The van der Waals surface area contributed by atoms with Crippen LogP contribution in [0.3, 0.4) is 0 Å². The molecule has 0 saturated carbocycles. The summed E-state index contributed by atoms with van der Waals surface area (Å²) in [5.74, 6) is -0.160. The molecule has 0 aliphatic heterocycles. The molecule has 2 aromatic rings. The summed E-state index contributed by atoms with van der Waals surface area (Å²) in [4.78, 5) is 7.76. The highest BCUT2D eigenvalue weighted by Gasteiger charge is 2.15. The molecule has 0 radical (unpaired) electrons. The zero-order chi connectivity index (χ0) is 15.3. The molecule has 0 aliphatic carbocycles. The van der Waals surface area contributed by atoms with Crippen LogP contribution in [0.15, 0.2) is 41.6 Å². The van der Waals surface area contributed by atoms with Crippen LogP contribution in [0.1, 0.15) is 13.3 Å². The van der Waals surface area contributed by atoms with E-state index in [2.05, 4.69) is 20.0 Å². The minimum atomic E-state index is -3.84. The maximum Gasteiger partial charge on any atom is 0.264 e. The third-order valence-electron chi connectivity index (χ3n) is 2.55. The maximum absolute atomic E-state index is 13.0. The maximum atomic E-state index is 13.0. The van der Waals surface area contributed by atoms with Crippen LogP contribution in [-0.4, -0.2) is 24.9 Å². The predicted octanol–water partition coefficient (Wildman–Crippen LogP) is 2.24. The van der Waals surface area contributed by atoms with E-state index in [0.29, 0.717) is 12.5 Å². The summed E-state index contributed by atoms with van der Waals surface area (Å²) >= 11 is 0. The Bertz CT molecular complexity index is 704. The van der Waals surface area contributed by atoms with Crippen molar-refractivity contribution in [2.24, 2.45) is 0 Å². The van der Waals surface area contributed by atoms with Crippen LogP contribution in [0.2, 0.25) is 0 Å². The number of aromatic nitrogens is 2. The van der Waals surface area contributed by atoms with Gasteiger partial charge in [-0.25, -0.2) is 22.8 Å². The van der Waals surface area contributed by atoms with E-state index in [9.17, 15) is 12.8 Å². The highest BCUT2D eigenvalue weighted by molar-refractivity contribution is 7.92. The van der Waals surface area contributed by atoms with Crippen molar-refractivity contribution in [2.75, 3.05) is 16.6 Å². The highest BCUT2D eigenvalue weighted by Crippen LogP contribution is 2.16. The molecule has 2 rings (SSSR count). The van der Waals surface area contributed by atoms with Gasteiger partial charge in [0.25, 0.3) is 10.0 Å². The summed E-state index contributed by atoms with van der Waals surface area (Å²) in [5, 5.41) is 2.94. The highest BCUT2D eigenvalue weighted by atomic mass is 32.2. The molecule has 0 aliphatic rings. The Balaban J connectivity index is 2.15. The number of hydrogen-bond donors (Lipinski definition) is 2. The first kappa shape index (κ1) is 15.2. The second kappa shape index (κ2) is 6.49. The van der Waals surface area contributed by atoms with Crippen LogP contribution < -0.4 is 10.0 Å². The summed E-state index contributed by atoms with van der Waals surface area (Å²) in [5.41, 5.74) is 0.142. The van der Waals surface area contributed by atoms with Gasteiger partial charge in [-0.05, 0) is 24.6 Å². The van der Waals surface area contributed by atoms with Crippen LogP contribution in [-0.2, 0) is 10.0 Å². The lowest BCUT2D eigenvalue weighted by atomic mass is 10.3. The second-order valence-corrected chi connectivity index (χ2v) is 5.97. The van der Waals surface area contributed by atoms with Gasteiger partial charge in [-0.3, -0.25) is 4.72 Å². The first-order valence-electron chi connectivity index (χ1n) is 6.35. The Morgan fingerprint density at radius 3 is 2.57 bits per heavy atom. The molecule has 8 heteroatoms. The van der Waals surface area contributed by atoms with E-state index in [-0.39, 0.29) is 10.6 Å². The Hall–Kier alpha value is -2.22. The molecule has 2 N–H and O–H groups in total. The third kappa shape index (κ3) is 4.12. The van der Waals surface area contributed by atoms with E-state index in [1.54, 1.807) is 0 Å². The molecule has 0 unspecified atom stereocenters. The molecule has 1 aromatic carbocycles. The average molecular weight is 310 g/mol. The van der Waals surface area contributed by atoms with Crippen LogP contribution in [0.4, 0.5) is 16.0 Å². The number of benzene rings is 1. The molecule has 1 heterocycles. The molecule has 21 heavy (non-hydrogen) atoms. The average Bonchev–Trinajstić information content (AvgIpc) is 2.45. The predicted molar refractivity (Wildman–Crippen MR) is 78.0 cm³/mol. The zero-order valence-corrected chi connectivity index (χ0v) is 12.2. The van der Waals surface area contributed by atoms with Crippen molar-refractivity contribution in [3.8, 4) is 0 Å². The molecular weight excluding hydrogens is 295 g/mol. The summed E-state index contributed by atoms with van der Waals surface area (Å²) in [6.45, 7) is 2.70. The molecule has 112 valence electrons. The summed E-state index contributed by atoms with van der Waals surface area (Å²) in [7, 11) is -3.84. The molecule has 0 atom stereocenters. The molecule has 1 aromatic heterocycles. The smallest absolute Gasteiger partial charge is 0.264 e. The Labute approximate surface area is 122 Å². The van der Waals surface area contributed by atoms with E-state index in [1.807, 2.05) is 6.92 Å². The number of halogens is 1. The zero-order valence-electron chi connectivity index (χ0n) is 11.4. The van der Waals surface area contributed by atoms with E-state index < -0.39 is 15.8 Å². The Morgan fingerprint density at radius 1 is 1.24 bits per heavy atom. The first-order chi connectivity index (χ1) is 10.0. The van der Waals surface area contributed by atoms with Crippen molar-refractivity contribution in [3.63, 3.8) is 0 Å². The number of sulfonamides is 1. The molecule has 6 nitrogen and oxygen atoms in total. The lowest BCUT2D eigenvalue weighted by Crippen LogP contribution is -2.14. The van der Waals surface area contributed by atoms with Gasteiger partial charge in [0.2, 0.25) is 5.95 Å². The van der Waals surface area contributed by atoms with Gasteiger partial charge in [0, 0.05) is 6.54 Å². The minimum Gasteiger partial charge on any atom is -0.354 e. The SMILES string of the molecule is CCCNc1ncc(S(=O)(=O)Nc2cccc(F)c2)cn1. The van der Waals surface area contributed by atoms with E-state index >= 15 is 0 Å². The first-order valence-corrected chi connectivity index (χ1v) is 7.84. The normalized spacial score (nSPS) is 11.1. The van der Waals surface area contributed by atoms with E-state index in [1.165, 1.54) is 30.6 Å². The molecule has 0 spiro atoms. The van der Waals surface area contributed by atoms with Gasteiger partial charge in [0.1, 0.15) is 10.7 Å². The fraction of sp³-hybridized carbons (Fsp3) is 0.231. The second-order valence-electron chi connectivity index (χ2n) is 4.28. The lowest BCUT2D eigenvalue weighted by Gasteiger charge is -2.08. The van der Waals surface area contributed by atoms with Crippen molar-refractivity contribution in [1.82, 2.24) is 9.97 Å². The van der Waals surface area contributed by atoms with Crippen molar-refractivity contribution in [3.05, 3.63) is 42.5 Å². The van der Waals surface area contributed by atoms with Gasteiger partial charge in [0.05, 0.1) is 18.1 Å². The van der Waals surface area contributed by atoms with Gasteiger partial charge >= 0.3 is 0 Å². The van der Waals surface area contributed by atoms with Crippen molar-refractivity contribution in [1.29, 1.82) is 0 Å². The topological polar surface area (TPSA) is 84.0 Å². The number of nitrogens with one attached hydrogen (secondary N) is 2. The van der Waals surface area contributed by atoms with Crippen LogP contribution in [0, 0.1) is 5.82 Å². The van der Waals surface area contributed by atoms with Crippen molar-refractivity contribution in [2.45, 2.75) is 18.2 Å². The number of hydrogen-bond acceptors (Lipinski definition) is 5. The number of anilines is 2. The van der Waals surface area contributed by atoms with Gasteiger partial charge in [-0.1, -0.05) is 13.0 Å². The van der Waals surface area contributed by atoms with Gasteiger partial charge < -0.3 is 5.32 Å². The summed E-state index contributed by atoms with van der Waals surface area (Å²) < 4.78 is 39.5. The van der Waals surface area contributed by atoms with Gasteiger partial charge in [-0.2, -0.15) is 0 Å². The molecule has 0 saturated heterocycles. The van der Waals surface area contributed by atoms with Gasteiger partial charge in [-0.15, -0.1) is 0 Å². The lowest BCUT2D eigenvalue weighted by molar-refractivity contribution is 0.600. The molecule has 0 bridgehead atoms. The fourth-order valence-corrected chi connectivity index (χ4v) is 2.49. The number of rotatable bonds is 6. The molecular formula is C13H15FN4O2S. The minimum absolute atomic E-state index is 0.0891. The van der Waals surface area contributed by atoms with Crippen LogP contribution in [0.25, 0.3) is 0 Å². The van der Waals surface area contributed by atoms with Gasteiger partial charge in [0.15, 0.2) is 0 Å². The largest absolute Gasteiger partial charge is 0.354 e. The Morgan fingerprint density at radius 2 is 1.95 bits per heavy atom. The standard InChI is InChI=1S/C13H15FN4O2S/c1-2-6-15-13-16-8-12(9-17-13)21(19,20)18-11-5-3-4-10(14)7-11/h3-5,7-9,18H,2,6H2,1H3,(H,15,16,17). The quantitative estimate of drug-likeness (QED) is 0.855. The van der Waals surface area contributed by atoms with E-state index in [4.69, 9.17) is 0 Å². The van der Waals surface area contributed by atoms with Crippen molar-refractivity contribution < 1.29 is 12.8 Å². The number of nitrogens with zero attached hydrogens (tertiary/aromatic N) is 2. The van der Waals surface area contributed by atoms with Crippen molar-refractivity contribution >= 4 is 21.7 Å².